The van der Waals surface area contributed by atoms with Crippen molar-refractivity contribution in [1.29, 1.82) is 0 Å². The van der Waals surface area contributed by atoms with Gasteiger partial charge in [0.05, 0.1) is 8.96 Å². The van der Waals surface area contributed by atoms with Crippen LogP contribution < -0.4 is 5.09 Å². The molecule has 0 saturated heterocycles. The minimum Gasteiger partial charge on any atom is -0.361 e. The monoisotopic (exact) mass is 291 g/mol. The van der Waals surface area contributed by atoms with E-state index in [4.69, 9.17) is 0 Å². The molecule has 0 aliphatic heterocycles. The molecular formula is C17H26NOP. The maximum absolute atomic E-state index is 9.44. The van der Waals surface area contributed by atoms with Crippen molar-refractivity contribution < 1.29 is 4.89 Å². The van der Waals surface area contributed by atoms with Gasteiger partial charge in [-0.25, -0.2) is 0 Å². The van der Waals surface area contributed by atoms with E-state index in [0.717, 1.165) is 0 Å². The third-order valence-corrected chi connectivity index (χ3v) is 5.31. The Morgan fingerprint density at radius 2 is 1.95 bits per heavy atom. The van der Waals surface area contributed by atoms with Crippen LogP contribution in [0.1, 0.15) is 50.6 Å². The summed E-state index contributed by atoms with van der Waals surface area (Å²) in [4.78, 5) is 9.44. The minimum absolute atomic E-state index is 0.0164. The van der Waals surface area contributed by atoms with E-state index < -0.39 is 0 Å². The SMILES string of the molecule is C=C[C@](C)(C1CCCCC1)[C@@H](NPO)c1ccccc1. The van der Waals surface area contributed by atoms with Gasteiger partial charge in [-0.2, -0.15) is 0 Å². The molecule has 2 N–H and O–H groups in total. The van der Waals surface area contributed by atoms with Crippen molar-refractivity contribution in [2.45, 2.75) is 45.1 Å². The molecule has 1 unspecified atom stereocenters. The molecule has 0 heterocycles. The molecule has 0 aromatic heterocycles. The van der Waals surface area contributed by atoms with Crippen LogP contribution in [0, 0.1) is 11.3 Å². The van der Waals surface area contributed by atoms with E-state index in [1.165, 1.54) is 37.7 Å². The van der Waals surface area contributed by atoms with Crippen LogP contribution in [-0.4, -0.2) is 4.89 Å². The second kappa shape index (κ2) is 7.36. The highest BCUT2D eigenvalue weighted by Crippen LogP contribution is 2.48. The lowest BCUT2D eigenvalue weighted by molar-refractivity contribution is 0.148. The molecule has 1 aromatic rings. The average molecular weight is 291 g/mol. The van der Waals surface area contributed by atoms with E-state index in [1.54, 1.807) is 0 Å². The van der Waals surface area contributed by atoms with Gasteiger partial charge in [-0.1, -0.05) is 62.6 Å². The molecule has 1 aliphatic rings. The second-order valence-corrected chi connectivity index (χ2v) is 6.52. The molecule has 1 fully saturated rings. The molecule has 20 heavy (non-hydrogen) atoms. The van der Waals surface area contributed by atoms with Crippen LogP contribution in [0.2, 0.25) is 0 Å². The Hall–Kier alpha value is -0.690. The van der Waals surface area contributed by atoms with E-state index in [1.807, 2.05) is 6.07 Å². The molecule has 1 saturated carbocycles. The van der Waals surface area contributed by atoms with Gasteiger partial charge in [-0.3, -0.25) is 5.09 Å². The molecule has 0 amide bonds. The summed E-state index contributed by atoms with van der Waals surface area (Å²) in [5.41, 5.74) is 1.22. The van der Waals surface area contributed by atoms with Crippen molar-refractivity contribution in [1.82, 2.24) is 5.09 Å². The van der Waals surface area contributed by atoms with Crippen molar-refractivity contribution >= 4 is 8.96 Å². The van der Waals surface area contributed by atoms with Crippen molar-refractivity contribution in [3.05, 3.63) is 48.6 Å². The molecule has 110 valence electrons. The molecule has 3 atom stereocenters. The topological polar surface area (TPSA) is 32.3 Å². The fourth-order valence-corrected chi connectivity index (χ4v) is 4.16. The van der Waals surface area contributed by atoms with Gasteiger partial charge in [0, 0.05) is 11.5 Å². The van der Waals surface area contributed by atoms with Crippen LogP contribution in [0.15, 0.2) is 43.0 Å². The zero-order chi connectivity index (χ0) is 14.4. The molecule has 1 aromatic carbocycles. The maximum atomic E-state index is 9.44. The number of nitrogens with one attached hydrogen (secondary N) is 1. The Morgan fingerprint density at radius 3 is 2.50 bits per heavy atom. The molecule has 1 aliphatic carbocycles. The van der Waals surface area contributed by atoms with E-state index >= 15 is 0 Å². The number of benzene rings is 1. The largest absolute Gasteiger partial charge is 0.361 e. The number of rotatable bonds is 6. The van der Waals surface area contributed by atoms with Gasteiger partial charge in [0.1, 0.15) is 0 Å². The molecule has 0 spiro atoms. The highest BCUT2D eigenvalue weighted by Gasteiger charge is 2.39. The summed E-state index contributed by atoms with van der Waals surface area (Å²) in [5.74, 6) is 0.641. The highest BCUT2D eigenvalue weighted by molar-refractivity contribution is 7.28. The first kappa shape index (κ1) is 15.7. The normalized spacial score (nSPS) is 21.7. The lowest BCUT2D eigenvalue weighted by Crippen LogP contribution is -2.38. The highest BCUT2D eigenvalue weighted by atomic mass is 31.1. The van der Waals surface area contributed by atoms with Crippen LogP contribution >= 0.6 is 8.96 Å². The number of hydrogen-bond acceptors (Lipinski definition) is 2. The van der Waals surface area contributed by atoms with Crippen LogP contribution in [0.3, 0.4) is 0 Å². The van der Waals surface area contributed by atoms with Gasteiger partial charge in [0.25, 0.3) is 0 Å². The lowest BCUT2D eigenvalue weighted by Gasteiger charge is -2.44. The summed E-state index contributed by atoms with van der Waals surface area (Å²) in [6.45, 7) is 6.41. The third kappa shape index (κ3) is 3.31. The van der Waals surface area contributed by atoms with Gasteiger partial charge in [-0.15, -0.1) is 6.58 Å². The van der Waals surface area contributed by atoms with Crippen molar-refractivity contribution in [2.24, 2.45) is 11.3 Å². The van der Waals surface area contributed by atoms with Crippen LogP contribution in [0.5, 0.6) is 0 Å². The Labute approximate surface area is 124 Å². The molecule has 0 bridgehead atoms. The summed E-state index contributed by atoms with van der Waals surface area (Å²) in [5, 5.41) is 3.30. The molecule has 2 nitrogen and oxygen atoms in total. The van der Waals surface area contributed by atoms with Crippen LogP contribution in [0.4, 0.5) is 0 Å². The average Bonchev–Trinajstić information content (AvgIpc) is 2.53. The molecule has 3 heteroatoms. The minimum atomic E-state index is -0.243. The van der Waals surface area contributed by atoms with Crippen molar-refractivity contribution in [2.75, 3.05) is 0 Å². The Morgan fingerprint density at radius 1 is 1.30 bits per heavy atom. The summed E-state index contributed by atoms with van der Waals surface area (Å²) in [6, 6.07) is 10.6. The van der Waals surface area contributed by atoms with E-state index in [0.29, 0.717) is 5.92 Å². The maximum Gasteiger partial charge on any atom is 0.0830 e. The number of hydrogen-bond donors (Lipinski definition) is 2. The van der Waals surface area contributed by atoms with Gasteiger partial charge in [0.15, 0.2) is 0 Å². The van der Waals surface area contributed by atoms with Gasteiger partial charge >= 0.3 is 0 Å². The van der Waals surface area contributed by atoms with E-state index in [-0.39, 0.29) is 20.4 Å². The second-order valence-electron chi connectivity index (χ2n) is 6.00. The Kier molecular flexibility index (Phi) is 5.77. The first-order valence-electron chi connectivity index (χ1n) is 7.55. The predicted molar refractivity (Wildman–Crippen MR) is 87.7 cm³/mol. The standard InChI is InChI=1S/C17H26NOP/c1-3-17(2,15-12-8-5-9-13-15)16(18-20-19)14-10-6-4-7-11-14/h3-4,6-7,10-11,15-16,18-20H,1,5,8-9,12-13H2,2H3/t16-,17+/m0/s1. The first-order chi connectivity index (χ1) is 9.72. The fraction of sp³-hybridized carbons (Fsp3) is 0.529. The summed E-state index contributed by atoms with van der Waals surface area (Å²) in [6.07, 6.45) is 8.63. The first-order valence-corrected chi connectivity index (χ1v) is 8.50. The summed E-state index contributed by atoms with van der Waals surface area (Å²) < 4.78 is 0. The van der Waals surface area contributed by atoms with E-state index in [9.17, 15) is 4.89 Å². The van der Waals surface area contributed by atoms with Crippen LogP contribution in [-0.2, 0) is 0 Å². The Balaban J connectivity index is 2.30. The molecule has 2 rings (SSSR count). The molecular weight excluding hydrogens is 265 g/mol. The van der Waals surface area contributed by atoms with Crippen molar-refractivity contribution in [3.63, 3.8) is 0 Å². The van der Waals surface area contributed by atoms with E-state index in [2.05, 4.69) is 48.9 Å². The smallest absolute Gasteiger partial charge is 0.0830 e. The molecule has 0 radical (unpaired) electrons. The Bertz CT molecular complexity index is 416. The van der Waals surface area contributed by atoms with Crippen LogP contribution in [0.25, 0.3) is 0 Å². The van der Waals surface area contributed by atoms with Gasteiger partial charge in [-0.05, 0) is 24.3 Å². The zero-order valence-corrected chi connectivity index (χ0v) is 13.3. The zero-order valence-electron chi connectivity index (χ0n) is 12.3. The predicted octanol–water partition coefficient (Wildman–Crippen LogP) is 4.59. The third-order valence-electron chi connectivity index (χ3n) is 4.89. The fourth-order valence-electron chi connectivity index (χ4n) is 3.55. The quantitative estimate of drug-likeness (QED) is 0.593. The van der Waals surface area contributed by atoms with Gasteiger partial charge < -0.3 is 4.89 Å². The summed E-state index contributed by atoms with van der Waals surface area (Å²) in [7, 11) is -0.243. The van der Waals surface area contributed by atoms with Crippen molar-refractivity contribution in [3.8, 4) is 0 Å². The van der Waals surface area contributed by atoms with Gasteiger partial charge in [0.2, 0.25) is 0 Å². The summed E-state index contributed by atoms with van der Waals surface area (Å²) >= 11 is 0. The lowest BCUT2D eigenvalue weighted by atomic mass is 9.65.